The number of nitrogens with zero attached hydrogens (tertiary/aromatic N) is 2. The van der Waals surface area contributed by atoms with Gasteiger partial charge in [-0.3, -0.25) is 0 Å². The molecule has 14 heavy (non-hydrogen) atoms. The van der Waals surface area contributed by atoms with Crippen molar-refractivity contribution < 1.29 is 4.52 Å². The number of rotatable bonds is 1. The monoisotopic (exact) mass is 340 g/mol. The molecule has 0 saturated heterocycles. The lowest BCUT2D eigenvalue weighted by Gasteiger charge is -1.98. The summed E-state index contributed by atoms with van der Waals surface area (Å²) in [7, 11) is 0. The van der Waals surface area contributed by atoms with Gasteiger partial charge in [0.25, 0.3) is 11.2 Å². The minimum Gasteiger partial charge on any atom is -0.333 e. The fraction of sp³-hybridized carbons (Fsp3) is 0. The van der Waals surface area contributed by atoms with Crippen molar-refractivity contribution in [2.75, 3.05) is 0 Å². The van der Waals surface area contributed by atoms with Crippen LogP contribution in [0, 0.1) is 3.57 Å². The molecule has 0 aliphatic carbocycles. The summed E-state index contributed by atoms with van der Waals surface area (Å²) in [4.78, 5) is 3.91. The van der Waals surface area contributed by atoms with Crippen LogP contribution in [0.5, 0.6) is 0 Å². The maximum Gasteiger partial charge on any atom is 0.264 e. The molecule has 1 aromatic carbocycles. The first kappa shape index (κ1) is 10.2. The van der Waals surface area contributed by atoms with E-state index in [2.05, 4.69) is 32.7 Å². The van der Waals surface area contributed by atoms with Gasteiger partial charge in [-0.25, -0.2) is 0 Å². The van der Waals surface area contributed by atoms with Gasteiger partial charge in [0.1, 0.15) is 0 Å². The van der Waals surface area contributed by atoms with E-state index in [0.717, 1.165) is 9.13 Å². The van der Waals surface area contributed by atoms with Crippen LogP contribution < -0.4 is 0 Å². The van der Waals surface area contributed by atoms with Gasteiger partial charge < -0.3 is 4.52 Å². The smallest absolute Gasteiger partial charge is 0.264 e. The van der Waals surface area contributed by atoms with Crippen LogP contribution in [-0.4, -0.2) is 10.1 Å². The largest absolute Gasteiger partial charge is 0.333 e. The number of benzene rings is 1. The third-order valence-electron chi connectivity index (χ3n) is 1.56. The van der Waals surface area contributed by atoms with Crippen molar-refractivity contribution in [2.45, 2.75) is 0 Å². The molecular formula is C8H3Cl2IN2O. The van der Waals surface area contributed by atoms with Crippen molar-refractivity contribution in [2.24, 2.45) is 0 Å². The maximum absolute atomic E-state index is 5.85. The molecule has 6 heteroatoms. The molecule has 1 heterocycles. The average Bonchev–Trinajstić information content (AvgIpc) is 2.56. The zero-order chi connectivity index (χ0) is 10.1. The van der Waals surface area contributed by atoms with E-state index in [1.807, 2.05) is 6.07 Å². The van der Waals surface area contributed by atoms with Crippen LogP contribution in [0.3, 0.4) is 0 Å². The van der Waals surface area contributed by atoms with E-state index in [0.29, 0.717) is 10.9 Å². The SMILES string of the molecule is Clc1ccc(I)c(-c2nc(Cl)no2)c1. The zero-order valence-corrected chi connectivity index (χ0v) is 10.3. The lowest BCUT2D eigenvalue weighted by Crippen LogP contribution is -1.82. The molecule has 0 unspecified atom stereocenters. The van der Waals surface area contributed by atoms with Crippen LogP contribution in [0.1, 0.15) is 0 Å². The second kappa shape index (κ2) is 4.04. The Morgan fingerprint density at radius 3 is 2.71 bits per heavy atom. The minimum atomic E-state index is 0.0933. The van der Waals surface area contributed by atoms with Gasteiger partial charge in [0.05, 0.1) is 5.56 Å². The van der Waals surface area contributed by atoms with Gasteiger partial charge in [-0.1, -0.05) is 11.6 Å². The van der Waals surface area contributed by atoms with Gasteiger partial charge in [0.15, 0.2) is 0 Å². The first-order valence-corrected chi connectivity index (χ1v) is 5.45. The van der Waals surface area contributed by atoms with Crippen LogP contribution in [0.25, 0.3) is 11.5 Å². The molecule has 0 N–H and O–H groups in total. The number of hydrogen-bond donors (Lipinski definition) is 0. The summed E-state index contributed by atoms with van der Waals surface area (Å²) in [6, 6.07) is 5.42. The van der Waals surface area contributed by atoms with Crippen LogP contribution in [0.2, 0.25) is 10.3 Å². The standard InChI is InChI=1S/C8H3Cl2IN2O/c9-4-1-2-6(11)5(3-4)7-12-8(10)13-14-7/h1-3H. The lowest BCUT2D eigenvalue weighted by molar-refractivity contribution is 0.430. The van der Waals surface area contributed by atoms with Gasteiger partial charge in [-0.2, -0.15) is 4.98 Å². The molecule has 0 saturated carbocycles. The highest BCUT2D eigenvalue weighted by molar-refractivity contribution is 14.1. The molecule has 72 valence electrons. The molecule has 0 atom stereocenters. The fourth-order valence-electron chi connectivity index (χ4n) is 0.976. The summed E-state index contributed by atoms with van der Waals surface area (Å²) >= 11 is 13.6. The number of halogens is 3. The fourth-order valence-corrected chi connectivity index (χ4v) is 1.83. The Morgan fingerprint density at radius 1 is 1.29 bits per heavy atom. The number of aromatic nitrogens is 2. The molecule has 0 bridgehead atoms. The van der Waals surface area contributed by atoms with Gasteiger partial charge in [0, 0.05) is 8.59 Å². The van der Waals surface area contributed by atoms with Crippen LogP contribution in [0.4, 0.5) is 0 Å². The summed E-state index contributed by atoms with van der Waals surface area (Å²) in [6.45, 7) is 0. The second-order valence-electron chi connectivity index (χ2n) is 2.49. The zero-order valence-electron chi connectivity index (χ0n) is 6.67. The Hall–Kier alpha value is -0.330. The lowest BCUT2D eigenvalue weighted by atomic mass is 10.2. The summed E-state index contributed by atoms with van der Waals surface area (Å²) in [6.07, 6.45) is 0. The molecule has 0 aliphatic rings. The first-order valence-electron chi connectivity index (χ1n) is 3.61. The molecule has 2 aromatic rings. The highest BCUT2D eigenvalue weighted by atomic mass is 127. The van der Waals surface area contributed by atoms with Crippen LogP contribution in [0.15, 0.2) is 22.7 Å². The van der Waals surface area contributed by atoms with E-state index < -0.39 is 0 Å². The Kier molecular flexibility index (Phi) is 2.94. The predicted molar refractivity (Wildman–Crippen MR) is 62.5 cm³/mol. The van der Waals surface area contributed by atoms with E-state index in [-0.39, 0.29) is 5.28 Å². The van der Waals surface area contributed by atoms with Crippen molar-refractivity contribution in [3.05, 3.63) is 32.1 Å². The van der Waals surface area contributed by atoms with Crippen molar-refractivity contribution in [1.82, 2.24) is 10.1 Å². The molecule has 0 aliphatic heterocycles. The van der Waals surface area contributed by atoms with Crippen molar-refractivity contribution in [1.29, 1.82) is 0 Å². The molecule has 0 amide bonds. The van der Waals surface area contributed by atoms with Crippen molar-refractivity contribution >= 4 is 45.8 Å². The summed E-state index contributed by atoms with van der Waals surface area (Å²) in [5, 5.41) is 4.21. The quantitative estimate of drug-likeness (QED) is 0.744. The molecule has 1 aromatic heterocycles. The van der Waals surface area contributed by atoms with Gasteiger partial charge >= 0.3 is 0 Å². The van der Waals surface area contributed by atoms with Gasteiger partial charge in [-0.15, -0.1) is 0 Å². The van der Waals surface area contributed by atoms with Crippen molar-refractivity contribution in [3.8, 4) is 11.5 Å². The van der Waals surface area contributed by atoms with E-state index in [4.69, 9.17) is 27.7 Å². The molecule has 2 rings (SSSR count). The summed E-state index contributed by atoms with van der Waals surface area (Å²) < 4.78 is 5.91. The molecule has 0 radical (unpaired) electrons. The Bertz CT molecular complexity index is 472. The Morgan fingerprint density at radius 2 is 2.07 bits per heavy atom. The van der Waals surface area contributed by atoms with Crippen molar-refractivity contribution in [3.63, 3.8) is 0 Å². The summed E-state index contributed by atoms with van der Waals surface area (Å²) in [5.41, 5.74) is 0.789. The normalized spacial score (nSPS) is 10.5. The Labute approximate surface area is 104 Å². The maximum atomic E-state index is 5.85. The second-order valence-corrected chi connectivity index (χ2v) is 4.43. The van der Waals surface area contributed by atoms with Gasteiger partial charge in [0.2, 0.25) is 0 Å². The topological polar surface area (TPSA) is 38.9 Å². The third kappa shape index (κ3) is 2.02. The summed E-state index contributed by atoms with van der Waals surface area (Å²) in [5.74, 6) is 0.377. The van der Waals surface area contributed by atoms with Gasteiger partial charge in [-0.05, 0) is 57.5 Å². The Balaban J connectivity index is 2.55. The molecule has 0 spiro atoms. The van der Waals surface area contributed by atoms with Crippen LogP contribution in [-0.2, 0) is 0 Å². The van der Waals surface area contributed by atoms with E-state index in [1.165, 1.54) is 0 Å². The first-order chi connectivity index (χ1) is 6.66. The highest BCUT2D eigenvalue weighted by Gasteiger charge is 2.11. The highest BCUT2D eigenvalue weighted by Crippen LogP contribution is 2.27. The molecule has 3 nitrogen and oxygen atoms in total. The molecular weight excluding hydrogens is 338 g/mol. The van der Waals surface area contributed by atoms with E-state index in [1.54, 1.807) is 12.1 Å². The molecule has 0 fully saturated rings. The number of hydrogen-bond acceptors (Lipinski definition) is 3. The van der Waals surface area contributed by atoms with E-state index in [9.17, 15) is 0 Å². The minimum absolute atomic E-state index is 0.0933. The average molecular weight is 341 g/mol. The predicted octanol–water partition coefficient (Wildman–Crippen LogP) is 3.65. The van der Waals surface area contributed by atoms with Crippen LogP contribution >= 0.6 is 45.8 Å². The third-order valence-corrected chi connectivity index (χ3v) is 2.89. The van der Waals surface area contributed by atoms with E-state index >= 15 is 0 Å².